The molecule has 0 radical (unpaired) electrons. The van der Waals surface area contributed by atoms with Crippen molar-refractivity contribution in [1.82, 2.24) is 30.3 Å². The van der Waals surface area contributed by atoms with Crippen molar-refractivity contribution in [3.05, 3.63) is 24.2 Å². The molecule has 2 heterocycles. The highest BCUT2D eigenvalue weighted by Gasteiger charge is 2.21. The van der Waals surface area contributed by atoms with Crippen molar-refractivity contribution in [3.8, 4) is 0 Å². The van der Waals surface area contributed by atoms with Gasteiger partial charge in [-0.05, 0) is 19.1 Å². The van der Waals surface area contributed by atoms with Crippen molar-refractivity contribution in [3.63, 3.8) is 0 Å². The van der Waals surface area contributed by atoms with E-state index >= 15 is 0 Å². The SMILES string of the molecule is CNc1ccc(S(=O)(=O)NC(C)c2nn[nH]n2)cn1. The maximum absolute atomic E-state index is 12.1. The van der Waals surface area contributed by atoms with Gasteiger partial charge in [0.05, 0.1) is 6.04 Å². The van der Waals surface area contributed by atoms with Crippen LogP contribution >= 0.6 is 0 Å². The van der Waals surface area contributed by atoms with Gasteiger partial charge < -0.3 is 5.32 Å². The Kier molecular flexibility index (Phi) is 3.71. The van der Waals surface area contributed by atoms with Crippen molar-refractivity contribution in [2.75, 3.05) is 12.4 Å². The van der Waals surface area contributed by atoms with Gasteiger partial charge in [-0.3, -0.25) is 0 Å². The molecule has 0 aliphatic carbocycles. The Morgan fingerprint density at radius 3 is 2.68 bits per heavy atom. The predicted octanol–water partition coefficient (Wildman–Crippen LogP) is -0.324. The zero-order valence-electron chi connectivity index (χ0n) is 10.3. The van der Waals surface area contributed by atoms with Crippen molar-refractivity contribution in [2.24, 2.45) is 0 Å². The summed E-state index contributed by atoms with van der Waals surface area (Å²) in [6.07, 6.45) is 1.27. The van der Waals surface area contributed by atoms with E-state index in [0.29, 0.717) is 5.82 Å². The molecule has 0 aromatic carbocycles. The minimum absolute atomic E-state index is 0.0712. The maximum atomic E-state index is 12.1. The molecular weight excluding hydrogens is 270 g/mol. The number of nitrogens with one attached hydrogen (secondary N) is 3. The van der Waals surface area contributed by atoms with Crippen LogP contribution in [0.15, 0.2) is 23.2 Å². The summed E-state index contributed by atoms with van der Waals surface area (Å²) >= 11 is 0. The zero-order valence-corrected chi connectivity index (χ0v) is 11.1. The summed E-state index contributed by atoms with van der Waals surface area (Å²) in [5.74, 6) is 0.855. The third kappa shape index (κ3) is 3.03. The van der Waals surface area contributed by atoms with Crippen molar-refractivity contribution in [1.29, 1.82) is 0 Å². The van der Waals surface area contributed by atoms with E-state index in [0.717, 1.165) is 0 Å². The van der Waals surface area contributed by atoms with Crippen LogP contribution in [0.2, 0.25) is 0 Å². The lowest BCUT2D eigenvalue weighted by molar-refractivity contribution is 0.559. The van der Waals surface area contributed by atoms with E-state index in [1.165, 1.54) is 12.3 Å². The van der Waals surface area contributed by atoms with Crippen LogP contribution in [0.4, 0.5) is 5.82 Å². The summed E-state index contributed by atoms with van der Waals surface area (Å²) < 4.78 is 26.6. The smallest absolute Gasteiger partial charge is 0.242 e. The summed E-state index contributed by atoms with van der Waals surface area (Å²) in [4.78, 5) is 4.02. The highest BCUT2D eigenvalue weighted by atomic mass is 32.2. The van der Waals surface area contributed by atoms with Crippen molar-refractivity contribution >= 4 is 15.8 Å². The molecule has 0 spiro atoms. The van der Waals surface area contributed by atoms with Crippen LogP contribution in [0.5, 0.6) is 0 Å². The van der Waals surface area contributed by atoms with Gasteiger partial charge in [0.25, 0.3) is 0 Å². The van der Waals surface area contributed by atoms with E-state index in [4.69, 9.17) is 0 Å². The van der Waals surface area contributed by atoms with E-state index in [-0.39, 0.29) is 10.7 Å². The second-order valence-electron chi connectivity index (χ2n) is 3.74. The first kappa shape index (κ1) is 13.4. The molecule has 2 rings (SSSR count). The third-order valence-corrected chi connectivity index (χ3v) is 3.91. The average molecular weight is 283 g/mol. The topological polar surface area (TPSA) is 126 Å². The lowest BCUT2D eigenvalue weighted by Crippen LogP contribution is -2.27. The summed E-state index contributed by atoms with van der Waals surface area (Å²) in [5, 5.41) is 15.9. The van der Waals surface area contributed by atoms with Crippen molar-refractivity contribution in [2.45, 2.75) is 17.9 Å². The number of aromatic nitrogens is 5. The monoisotopic (exact) mass is 283 g/mol. The number of nitrogens with zero attached hydrogens (tertiary/aromatic N) is 4. The Balaban J connectivity index is 2.17. The average Bonchev–Trinajstić information content (AvgIpc) is 2.92. The molecule has 0 saturated heterocycles. The quantitative estimate of drug-likeness (QED) is 0.686. The standard InChI is InChI=1S/C9H13N7O2S/c1-6(9-12-15-16-13-9)14-19(17,18)7-3-4-8(10-2)11-5-7/h3-6,14H,1-2H3,(H,10,11)(H,12,13,15,16). The number of tetrazole rings is 1. The van der Waals surface area contributed by atoms with Gasteiger partial charge in [0.2, 0.25) is 10.0 Å². The first-order valence-electron chi connectivity index (χ1n) is 5.42. The summed E-state index contributed by atoms with van der Waals surface area (Å²) in [6, 6.07) is 2.45. The van der Waals surface area contributed by atoms with Crippen LogP contribution in [0, 0.1) is 0 Å². The Bertz CT molecular complexity index is 623. The molecule has 1 unspecified atom stereocenters. The second-order valence-corrected chi connectivity index (χ2v) is 5.46. The molecule has 10 heteroatoms. The van der Waals surface area contributed by atoms with Crippen LogP contribution in [-0.2, 0) is 10.0 Å². The highest BCUT2D eigenvalue weighted by molar-refractivity contribution is 7.89. The van der Waals surface area contributed by atoms with Gasteiger partial charge >= 0.3 is 0 Å². The molecule has 0 bridgehead atoms. The first-order chi connectivity index (χ1) is 9.03. The van der Waals surface area contributed by atoms with E-state index in [2.05, 4.69) is 35.6 Å². The molecule has 0 fully saturated rings. The lowest BCUT2D eigenvalue weighted by Gasteiger charge is -2.10. The molecular formula is C9H13N7O2S. The van der Waals surface area contributed by atoms with Crippen molar-refractivity contribution < 1.29 is 8.42 Å². The van der Waals surface area contributed by atoms with Gasteiger partial charge in [0, 0.05) is 13.2 Å². The number of hydrogen-bond donors (Lipinski definition) is 3. The highest BCUT2D eigenvalue weighted by Crippen LogP contribution is 2.14. The minimum Gasteiger partial charge on any atom is -0.373 e. The summed E-state index contributed by atoms with van der Waals surface area (Å²) in [7, 11) is -1.97. The Labute approximate surface area is 109 Å². The van der Waals surface area contributed by atoms with Gasteiger partial charge in [-0.15, -0.1) is 10.2 Å². The molecule has 102 valence electrons. The van der Waals surface area contributed by atoms with Crippen LogP contribution < -0.4 is 10.0 Å². The van der Waals surface area contributed by atoms with E-state index < -0.39 is 16.1 Å². The number of aromatic amines is 1. The molecule has 3 N–H and O–H groups in total. The van der Waals surface area contributed by atoms with Crippen LogP contribution in [0.25, 0.3) is 0 Å². The van der Waals surface area contributed by atoms with Crippen LogP contribution in [0.1, 0.15) is 18.8 Å². The molecule has 0 aliphatic heterocycles. The molecule has 0 aliphatic rings. The van der Waals surface area contributed by atoms with Crippen LogP contribution in [-0.4, -0.2) is 41.1 Å². The van der Waals surface area contributed by atoms with Gasteiger partial charge in [0.1, 0.15) is 10.7 Å². The van der Waals surface area contributed by atoms with E-state index in [9.17, 15) is 8.42 Å². The summed E-state index contributed by atoms with van der Waals surface area (Å²) in [6.45, 7) is 1.62. The molecule has 9 nitrogen and oxygen atoms in total. The first-order valence-corrected chi connectivity index (χ1v) is 6.91. The molecule has 1 atom stereocenters. The normalized spacial score (nSPS) is 13.2. The van der Waals surface area contributed by atoms with Gasteiger partial charge in [0.15, 0.2) is 5.82 Å². The summed E-state index contributed by atoms with van der Waals surface area (Å²) in [5.41, 5.74) is 0. The maximum Gasteiger partial charge on any atom is 0.242 e. The Morgan fingerprint density at radius 1 is 1.37 bits per heavy atom. The van der Waals surface area contributed by atoms with E-state index in [1.807, 2.05) is 0 Å². The number of H-pyrrole nitrogens is 1. The number of anilines is 1. The van der Waals surface area contributed by atoms with Gasteiger partial charge in [-0.25, -0.2) is 18.1 Å². The number of hydrogen-bond acceptors (Lipinski definition) is 7. The third-order valence-electron chi connectivity index (χ3n) is 2.38. The largest absolute Gasteiger partial charge is 0.373 e. The Hall–Kier alpha value is -2.07. The number of sulfonamides is 1. The fourth-order valence-electron chi connectivity index (χ4n) is 1.39. The Morgan fingerprint density at radius 2 is 2.16 bits per heavy atom. The van der Waals surface area contributed by atoms with E-state index in [1.54, 1.807) is 20.0 Å². The molecule has 0 saturated carbocycles. The minimum atomic E-state index is -3.67. The molecule has 2 aromatic heterocycles. The zero-order chi connectivity index (χ0) is 13.9. The fourth-order valence-corrected chi connectivity index (χ4v) is 2.54. The fraction of sp³-hybridized carbons (Fsp3) is 0.333. The number of pyridine rings is 1. The van der Waals surface area contributed by atoms with Gasteiger partial charge in [-0.1, -0.05) is 5.21 Å². The van der Waals surface area contributed by atoms with Gasteiger partial charge in [-0.2, -0.15) is 5.21 Å². The molecule has 19 heavy (non-hydrogen) atoms. The molecule has 2 aromatic rings. The molecule has 0 amide bonds. The van der Waals surface area contributed by atoms with Crippen LogP contribution in [0.3, 0.4) is 0 Å². The number of rotatable bonds is 5. The second kappa shape index (κ2) is 5.28. The lowest BCUT2D eigenvalue weighted by atomic mass is 10.4. The predicted molar refractivity (Wildman–Crippen MR) is 66.7 cm³/mol.